The third-order valence-electron chi connectivity index (χ3n) is 11.4. The number of hydrogen-bond acceptors (Lipinski definition) is 12. The first-order valence-electron chi connectivity index (χ1n) is 19.7. The van der Waals surface area contributed by atoms with Crippen LogP contribution in [0.5, 0.6) is 5.75 Å². The first kappa shape index (κ1) is 41.4. The number of anilines is 1. The topological polar surface area (TPSA) is 206 Å². The summed E-state index contributed by atoms with van der Waals surface area (Å²) in [5.41, 5.74) is 0.0616. The number of carboxylic acid groups (broad SMARTS) is 1. The number of aliphatic hydroxyl groups excluding tert-OH is 2. The van der Waals surface area contributed by atoms with E-state index in [4.69, 9.17) is 14.2 Å². The van der Waals surface area contributed by atoms with E-state index in [1.54, 1.807) is 65.6 Å². The number of cyclic esters (lactones) is 1. The average molecular weight is 838 g/mol. The molecule has 0 aliphatic carbocycles. The number of morpholine rings is 1. The van der Waals surface area contributed by atoms with Crippen molar-refractivity contribution in [3.63, 3.8) is 0 Å². The van der Waals surface area contributed by atoms with Crippen LogP contribution in [0.3, 0.4) is 0 Å². The van der Waals surface area contributed by atoms with Gasteiger partial charge in [-0.1, -0.05) is 84.6 Å². The van der Waals surface area contributed by atoms with Gasteiger partial charge in [0.1, 0.15) is 42.4 Å². The molecule has 15 nitrogen and oxygen atoms in total. The number of imide groups is 1. The lowest BCUT2D eigenvalue weighted by atomic mass is 9.65. The maximum atomic E-state index is 15.9. The van der Waals surface area contributed by atoms with E-state index in [1.165, 1.54) is 30.3 Å². The number of esters is 1. The van der Waals surface area contributed by atoms with Crippen LogP contribution in [0, 0.1) is 27.9 Å². The zero-order chi connectivity index (χ0) is 43.5. The molecule has 6 atom stereocenters. The van der Waals surface area contributed by atoms with E-state index >= 15 is 4.79 Å². The van der Waals surface area contributed by atoms with Crippen molar-refractivity contribution in [2.75, 3.05) is 24.7 Å². The molecule has 62 heavy (non-hydrogen) atoms. The summed E-state index contributed by atoms with van der Waals surface area (Å²) in [6.45, 7) is -0.885. The summed E-state index contributed by atoms with van der Waals surface area (Å²) in [5, 5.41) is 41.7. The Morgan fingerprint density at radius 2 is 1.50 bits per heavy atom. The van der Waals surface area contributed by atoms with Gasteiger partial charge in [-0.15, -0.1) is 0 Å². The number of fused-ring (bicyclic) bond motifs is 3. The van der Waals surface area contributed by atoms with Gasteiger partial charge in [0, 0.05) is 24.1 Å². The second-order valence-corrected chi connectivity index (χ2v) is 14.9. The molecule has 0 bridgehead atoms. The van der Waals surface area contributed by atoms with Crippen LogP contribution < -0.4 is 9.64 Å². The Hall–Kier alpha value is -7.38. The summed E-state index contributed by atoms with van der Waals surface area (Å²) >= 11 is 0. The first-order chi connectivity index (χ1) is 30.1. The molecular weight excluding hydrogens is 799 g/mol. The summed E-state index contributed by atoms with van der Waals surface area (Å²) in [7, 11) is 0. The molecule has 15 heteroatoms. The SMILES string of the molecule is O=C1OC(c2ccccc2)C(c2ccccc2)N2C1C(C(=O)O)C1(C(=O)N(C(=O)OCc3ccc([N+](=O)[O-])cc3)c3ccc(C#CCCO)cc31)C2c1ccc(OCCO)cc1. The highest BCUT2D eigenvalue weighted by Gasteiger charge is 2.76. The minimum absolute atomic E-state index is 0.000332. The molecule has 0 aromatic heterocycles. The van der Waals surface area contributed by atoms with E-state index < -0.39 is 71.0 Å². The molecule has 3 aliphatic heterocycles. The predicted octanol–water partition coefficient (Wildman–Crippen LogP) is 5.79. The van der Waals surface area contributed by atoms with Gasteiger partial charge in [0.15, 0.2) is 0 Å². The summed E-state index contributed by atoms with van der Waals surface area (Å²) in [6, 6.07) is 30.7. The molecule has 2 fully saturated rings. The van der Waals surface area contributed by atoms with Gasteiger partial charge in [0.25, 0.3) is 5.69 Å². The van der Waals surface area contributed by atoms with Crippen LogP contribution in [0.1, 0.15) is 58.0 Å². The molecule has 5 aromatic rings. The number of carboxylic acids is 1. The quantitative estimate of drug-likeness (QED) is 0.0625. The van der Waals surface area contributed by atoms with Gasteiger partial charge in [0.2, 0.25) is 5.91 Å². The van der Waals surface area contributed by atoms with E-state index in [9.17, 15) is 39.8 Å². The van der Waals surface area contributed by atoms with Crippen LogP contribution >= 0.6 is 0 Å². The van der Waals surface area contributed by atoms with Gasteiger partial charge >= 0.3 is 18.0 Å². The molecule has 0 saturated carbocycles. The summed E-state index contributed by atoms with van der Waals surface area (Å²) < 4.78 is 17.7. The fraction of sp³-hybridized carbons (Fsp3) is 0.234. The van der Waals surface area contributed by atoms with Crippen LogP contribution in [-0.2, 0) is 35.9 Å². The predicted molar refractivity (Wildman–Crippen MR) is 220 cm³/mol. The van der Waals surface area contributed by atoms with Crippen LogP contribution in [-0.4, -0.2) is 74.9 Å². The summed E-state index contributed by atoms with van der Waals surface area (Å²) in [6.07, 6.45) is -2.03. The largest absolute Gasteiger partial charge is 0.491 e. The molecule has 3 heterocycles. The average Bonchev–Trinajstić information content (AvgIpc) is 3.75. The lowest BCUT2D eigenvalue weighted by Crippen LogP contribution is -2.53. The van der Waals surface area contributed by atoms with Crippen molar-refractivity contribution in [3.8, 4) is 17.6 Å². The zero-order valence-corrected chi connectivity index (χ0v) is 32.9. The molecule has 1 spiro atoms. The number of hydrogen-bond donors (Lipinski definition) is 3. The molecule has 8 rings (SSSR count). The number of amides is 2. The number of nitrogens with zero attached hydrogens (tertiary/aromatic N) is 3. The number of carbonyl (C=O) groups excluding carboxylic acids is 3. The van der Waals surface area contributed by atoms with Crippen LogP contribution in [0.4, 0.5) is 16.2 Å². The van der Waals surface area contributed by atoms with Crippen molar-refractivity contribution in [1.82, 2.24) is 4.90 Å². The van der Waals surface area contributed by atoms with Gasteiger partial charge in [-0.25, -0.2) is 9.69 Å². The molecule has 5 aromatic carbocycles. The number of carbonyl (C=O) groups is 4. The Kier molecular flexibility index (Phi) is 11.5. The second kappa shape index (κ2) is 17.3. The Balaban J connectivity index is 1.37. The smallest absolute Gasteiger partial charge is 0.421 e. The molecule has 2 saturated heterocycles. The number of rotatable bonds is 11. The van der Waals surface area contributed by atoms with Crippen molar-refractivity contribution < 1.29 is 53.6 Å². The minimum Gasteiger partial charge on any atom is -0.491 e. The Morgan fingerprint density at radius 1 is 0.823 bits per heavy atom. The fourth-order valence-electron chi connectivity index (χ4n) is 9.00. The van der Waals surface area contributed by atoms with E-state index in [-0.39, 0.29) is 43.2 Å². The summed E-state index contributed by atoms with van der Waals surface area (Å²) in [4.78, 5) is 72.4. The summed E-state index contributed by atoms with van der Waals surface area (Å²) in [5.74, 6) is 0.947. The number of nitro groups is 1. The third-order valence-corrected chi connectivity index (χ3v) is 11.4. The highest BCUT2D eigenvalue weighted by molar-refractivity contribution is 6.23. The minimum atomic E-state index is -2.24. The lowest BCUT2D eigenvalue weighted by molar-refractivity contribution is -0.384. The van der Waals surface area contributed by atoms with Gasteiger partial charge in [-0.05, 0) is 70.3 Å². The van der Waals surface area contributed by atoms with Crippen molar-refractivity contribution in [2.24, 2.45) is 5.92 Å². The monoisotopic (exact) mass is 837 g/mol. The number of nitro benzene ring substituents is 1. The molecular formula is C47H39N3O12. The number of ether oxygens (including phenoxy) is 3. The maximum Gasteiger partial charge on any atom is 0.421 e. The molecule has 6 unspecified atom stereocenters. The lowest BCUT2D eigenvalue weighted by Gasteiger charge is -2.46. The van der Waals surface area contributed by atoms with E-state index in [0.29, 0.717) is 33.6 Å². The molecule has 3 aliphatic rings. The van der Waals surface area contributed by atoms with Crippen molar-refractivity contribution >= 4 is 35.3 Å². The van der Waals surface area contributed by atoms with Gasteiger partial charge in [-0.2, -0.15) is 0 Å². The Labute approximate surface area is 354 Å². The van der Waals surface area contributed by atoms with Crippen molar-refractivity contribution in [2.45, 2.75) is 42.7 Å². The third kappa shape index (κ3) is 7.19. The van der Waals surface area contributed by atoms with E-state index in [0.717, 1.165) is 4.90 Å². The zero-order valence-electron chi connectivity index (χ0n) is 32.9. The van der Waals surface area contributed by atoms with Crippen LogP contribution in [0.2, 0.25) is 0 Å². The standard InChI is InChI=1S/C47H39N3O12/c51-24-8-7-9-29-16-23-37-36(27-29)47(45(56)48(37)46(57)61-28-30-14-19-34(20-15-30)50(58)59)38(43(53)54)40-44(55)62-41(32-12-5-2-6-13-32)39(31-10-3-1-4-11-31)49(40)42(47)33-17-21-35(22-18-33)60-26-25-52/h1-6,10-23,27,38-42,51-52H,8,24-26,28H2,(H,53,54). The van der Waals surface area contributed by atoms with Gasteiger partial charge < -0.3 is 29.5 Å². The van der Waals surface area contributed by atoms with Crippen molar-refractivity contribution in [3.05, 3.63) is 171 Å². The first-order valence-corrected chi connectivity index (χ1v) is 19.7. The van der Waals surface area contributed by atoms with E-state index in [1.807, 2.05) is 36.4 Å². The van der Waals surface area contributed by atoms with Gasteiger partial charge in [0.05, 0.1) is 35.9 Å². The maximum absolute atomic E-state index is 15.9. The Morgan fingerprint density at radius 3 is 2.13 bits per heavy atom. The van der Waals surface area contributed by atoms with Crippen molar-refractivity contribution in [1.29, 1.82) is 0 Å². The molecule has 3 N–H and O–H groups in total. The van der Waals surface area contributed by atoms with Gasteiger partial charge in [-0.3, -0.25) is 29.4 Å². The normalized spacial score (nSPS) is 22.5. The molecule has 2 amide bonds. The fourth-order valence-corrected chi connectivity index (χ4v) is 9.00. The second-order valence-electron chi connectivity index (χ2n) is 14.9. The number of aliphatic hydroxyl groups is 2. The van der Waals surface area contributed by atoms with E-state index in [2.05, 4.69) is 11.8 Å². The number of non-ortho nitro benzene ring substituents is 1. The Bertz CT molecular complexity index is 2580. The number of benzene rings is 5. The highest BCUT2D eigenvalue weighted by atomic mass is 16.6. The highest BCUT2D eigenvalue weighted by Crippen LogP contribution is 2.66. The molecule has 314 valence electrons. The molecule has 0 radical (unpaired) electrons. The van der Waals surface area contributed by atoms with Crippen LogP contribution in [0.25, 0.3) is 0 Å². The van der Waals surface area contributed by atoms with Crippen LogP contribution in [0.15, 0.2) is 127 Å². The number of aliphatic carboxylic acids is 1.